The van der Waals surface area contributed by atoms with Crippen LogP contribution < -0.4 is 0 Å². The van der Waals surface area contributed by atoms with Crippen LogP contribution >= 0.6 is 0 Å². The molecule has 1 saturated heterocycles. The van der Waals surface area contributed by atoms with Gasteiger partial charge in [-0.2, -0.15) is 0 Å². The Morgan fingerprint density at radius 2 is 1.07 bits per heavy atom. The molecule has 0 amide bonds. The minimum atomic E-state index is -0.00780. The lowest BCUT2D eigenvalue weighted by molar-refractivity contribution is -0.227. The molecule has 7 heteroatoms. The molecule has 0 aromatic carbocycles. The van der Waals surface area contributed by atoms with Crippen LogP contribution in [0.25, 0.3) is 0 Å². The average Bonchev–Trinajstić information content (AvgIpc) is 3.26. The SMILES string of the molecule is CCCCCCCCC(CCCCCC)COC(=O)CCCCCN(CC=C(C)C)CCN(CCO)CCCCC1COC(C(CCCCCC)CCCCCCCC)OC1. The fourth-order valence-electron chi connectivity index (χ4n) is 9.02. The smallest absolute Gasteiger partial charge is 0.305 e. The van der Waals surface area contributed by atoms with Gasteiger partial charge < -0.3 is 19.3 Å². The van der Waals surface area contributed by atoms with Gasteiger partial charge in [-0.15, -0.1) is 0 Å². The summed E-state index contributed by atoms with van der Waals surface area (Å²) in [5, 5.41) is 9.90. The lowest BCUT2D eigenvalue weighted by Crippen LogP contribution is -2.38. The molecule has 1 N–H and O–H groups in total. The molecule has 0 saturated carbocycles. The second kappa shape index (κ2) is 42.9. The standard InChI is InChI=1S/C54H106N2O5/c1-7-11-15-19-21-25-33-50(32-24-17-13-9-3)46-59-53(58)37-28-23-30-39-55(41-38-49(5)6)42-43-56(44-45-57)40-31-29-34-51-47-60-54(61-48-51)52(35-26-18-14-10-4)36-27-22-20-16-12-8-2/h38,50-52,54,57H,7-37,39-48H2,1-6H3. The van der Waals surface area contributed by atoms with Crippen LogP contribution in [0.2, 0.25) is 0 Å². The van der Waals surface area contributed by atoms with Gasteiger partial charge in [-0.05, 0) is 84.2 Å². The van der Waals surface area contributed by atoms with Gasteiger partial charge in [0.2, 0.25) is 0 Å². The monoisotopic (exact) mass is 863 g/mol. The van der Waals surface area contributed by atoms with Gasteiger partial charge in [0.1, 0.15) is 0 Å². The van der Waals surface area contributed by atoms with Crippen LogP contribution in [-0.2, 0) is 19.0 Å². The first kappa shape index (κ1) is 58.0. The Morgan fingerprint density at radius 3 is 1.62 bits per heavy atom. The third-order valence-corrected chi connectivity index (χ3v) is 13.2. The normalized spacial score (nSPS) is 16.7. The minimum absolute atomic E-state index is 0.00381. The van der Waals surface area contributed by atoms with Gasteiger partial charge in [0.25, 0.3) is 0 Å². The molecule has 0 bridgehead atoms. The second-order valence-electron chi connectivity index (χ2n) is 19.5. The summed E-state index contributed by atoms with van der Waals surface area (Å²) >= 11 is 0. The van der Waals surface area contributed by atoms with Crippen LogP contribution in [0.5, 0.6) is 0 Å². The summed E-state index contributed by atoms with van der Waals surface area (Å²) < 4.78 is 18.8. The molecule has 7 nitrogen and oxygen atoms in total. The fraction of sp³-hybridized carbons (Fsp3) is 0.944. The predicted molar refractivity (Wildman–Crippen MR) is 262 cm³/mol. The summed E-state index contributed by atoms with van der Waals surface area (Å²) in [6.07, 6.45) is 40.7. The first-order valence-corrected chi connectivity index (χ1v) is 26.9. The first-order valence-electron chi connectivity index (χ1n) is 26.9. The zero-order valence-electron chi connectivity index (χ0n) is 41.9. The Kier molecular flexibility index (Phi) is 40.8. The summed E-state index contributed by atoms with van der Waals surface area (Å²) in [5.74, 6) is 1.56. The Bertz CT molecular complexity index is 965. The molecule has 0 aliphatic carbocycles. The highest BCUT2D eigenvalue weighted by atomic mass is 16.7. The number of hydrogen-bond donors (Lipinski definition) is 1. The Hall–Kier alpha value is -0.990. The molecule has 1 heterocycles. The van der Waals surface area contributed by atoms with Crippen molar-refractivity contribution in [1.82, 2.24) is 9.80 Å². The summed E-state index contributed by atoms with van der Waals surface area (Å²) in [5.41, 5.74) is 1.35. The van der Waals surface area contributed by atoms with Crippen molar-refractivity contribution in [3.05, 3.63) is 11.6 Å². The van der Waals surface area contributed by atoms with Gasteiger partial charge in [0.15, 0.2) is 6.29 Å². The van der Waals surface area contributed by atoms with Crippen molar-refractivity contribution in [3.8, 4) is 0 Å². The van der Waals surface area contributed by atoms with Crippen molar-refractivity contribution < 1.29 is 24.1 Å². The molecule has 362 valence electrons. The Morgan fingerprint density at radius 1 is 0.590 bits per heavy atom. The zero-order valence-corrected chi connectivity index (χ0v) is 41.9. The van der Waals surface area contributed by atoms with E-state index in [4.69, 9.17) is 14.2 Å². The van der Waals surface area contributed by atoms with Gasteiger partial charge in [-0.25, -0.2) is 0 Å². The third-order valence-electron chi connectivity index (χ3n) is 13.2. The van der Waals surface area contributed by atoms with Gasteiger partial charge in [0.05, 0.1) is 26.4 Å². The maximum atomic E-state index is 12.8. The number of aliphatic hydroxyl groups excluding tert-OH is 1. The van der Waals surface area contributed by atoms with Crippen LogP contribution in [0, 0.1) is 17.8 Å². The molecular formula is C54H106N2O5. The number of unbranched alkanes of at least 4 members (excludes halogenated alkanes) is 19. The van der Waals surface area contributed by atoms with E-state index in [2.05, 4.69) is 57.4 Å². The van der Waals surface area contributed by atoms with Crippen LogP contribution in [0.3, 0.4) is 0 Å². The number of allylic oxidation sites excluding steroid dienone is 1. The maximum Gasteiger partial charge on any atom is 0.305 e. The Balaban J connectivity index is 2.43. The molecule has 2 unspecified atom stereocenters. The summed E-state index contributed by atoms with van der Waals surface area (Å²) in [7, 11) is 0. The van der Waals surface area contributed by atoms with E-state index in [1.54, 1.807) is 0 Å². The molecular weight excluding hydrogens is 757 g/mol. The molecule has 1 aliphatic rings. The van der Waals surface area contributed by atoms with Crippen LogP contribution in [0.1, 0.15) is 241 Å². The zero-order chi connectivity index (χ0) is 44.4. The molecule has 0 aromatic rings. The predicted octanol–water partition coefficient (Wildman–Crippen LogP) is 14.5. The highest BCUT2D eigenvalue weighted by Gasteiger charge is 2.28. The van der Waals surface area contributed by atoms with E-state index in [-0.39, 0.29) is 18.9 Å². The van der Waals surface area contributed by atoms with E-state index in [1.807, 2.05) is 0 Å². The Labute approximate surface area is 380 Å². The molecule has 1 aliphatic heterocycles. The van der Waals surface area contributed by atoms with Gasteiger partial charge in [-0.3, -0.25) is 14.6 Å². The number of carbonyl (C=O) groups excluding carboxylic acids is 1. The number of carbonyl (C=O) groups is 1. The fourth-order valence-corrected chi connectivity index (χ4v) is 9.02. The topological polar surface area (TPSA) is 71.5 Å². The van der Waals surface area contributed by atoms with Gasteiger partial charge in [0, 0.05) is 44.4 Å². The summed E-state index contributed by atoms with van der Waals surface area (Å²) in [6.45, 7) is 21.7. The molecule has 0 radical (unpaired) electrons. The highest BCUT2D eigenvalue weighted by molar-refractivity contribution is 5.69. The third kappa shape index (κ3) is 35.0. The van der Waals surface area contributed by atoms with Crippen LogP contribution in [0.4, 0.5) is 0 Å². The number of hydrogen-bond acceptors (Lipinski definition) is 7. The minimum Gasteiger partial charge on any atom is -0.465 e. The lowest BCUT2D eigenvalue weighted by atomic mass is 9.92. The van der Waals surface area contributed by atoms with Crippen molar-refractivity contribution in [2.75, 3.05) is 65.7 Å². The number of rotatable bonds is 45. The van der Waals surface area contributed by atoms with Crippen molar-refractivity contribution in [2.24, 2.45) is 17.8 Å². The van der Waals surface area contributed by atoms with Crippen molar-refractivity contribution in [1.29, 1.82) is 0 Å². The largest absolute Gasteiger partial charge is 0.465 e. The number of aliphatic hydroxyl groups is 1. The molecule has 1 rings (SSSR count). The summed E-state index contributed by atoms with van der Waals surface area (Å²) in [6, 6.07) is 0. The number of esters is 1. The van der Waals surface area contributed by atoms with Crippen molar-refractivity contribution in [3.63, 3.8) is 0 Å². The van der Waals surface area contributed by atoms with E-state index in [1.165, 1.54) is 166 Å². The highest BCUT2D eigenvalue weighted by Crippen LogP contribution is 2.29. The second-order valence-corrected chi connectivity index (χ2v) is 19.5. The van der Waals surface area contributed by atoms with Gasteiger partial charge in [-0.1, -0.05) is 181 Å². The number of nitrogens with zero attached hydrogens (tertiary/aromatic N) is 2. The average molecular weight is 863 g/mol. The molecule has 1 fully saturated rings. The van der Waals surface area contributed by atoms with E-state index in [9.17, 15) is 9.90 Å². The maximum absolute atomic E-state index is 12.8. The lowest BCUT2D eigenvalue weighted by Gasteiger charge is -2.34. The van der Waals surface area contributed by atoms with Crippen molar-refractivity contribution in [2.45, 2.75) is 247 Å². The molecule has 0 spiro atoms. The van der Waals surface area contributed by atoms with Crippen molar-refractivity contribution >= 4 is 5.97 Å². The van der Waals surface area contributed by atoms with E-state index >= 15 is 0 Å². The van der Waals surface area contributed by atoms with E-state index in [0.717, 1.165) is 84.6 Å². The summed E-state index contributed by atoms with van der Waals surface area (Å²) in [4.78, 5) is 17.8. The van der Waals surface area contributed by atoms with E-state index < -0.39 is 0 Å². The first-order chi connectivity index (χ1) is 29.9. The molecule has 2 atom stereocenters. The quantitative estimate of drug-likeness (QED) is 0.0371. The number of ether oxygens (including phenoxy) is 3. The molecule has 61 heavy (non-hydrogen) atoms. The molecule has 0 aromatic heterocycles. The van der Waals surface area contributed by atoms with Gasteiger partial charge >= 0.3 is 5.97 Å². The van der Waals surface area contributed by atoms with E-state index in [0.29, 0.717) is 30.8 Å². The van der Waals surface area contributed by atoms with Crippen LogP contribution in [0.15, 0.2) is 11.6 Å². The van der Waals surface area contributed by atoms with Crippen LogP contribution in [-0.4, -0.2) is 92.9 Å².